The number of pyridine rings is 1. The first-order valence-electron chi connectivity index (χ1n) is 7.80. The molecule has 0 amide bonds. The van der Waals surface area contributed by atoms with Crippen LogP contribution < -0.4 is 0 Å². The summed E-state index contributed by atoms with van der Waals surface area (Å²) in [5, 5.41) is 10.6. The summed E-state index contributed by atoms with van der Waals surface area (Å²) in [5.41, 5.74) is 0. The highest BCUT2D eigenvalue weighted by atomic mass is 35.5. The van der Waals surface area contributed by atoms with E-state index in [9.17, 15) is 13.5 Å². The molecule has 7 heteroatoms. The minimum Gasteiger partial charge on any atom is -0.393 e. The highest BCUT2D eigenvalue weighted by molar-refractivity contribution is 7.89. The van der Waals surface area contributed by atoms with Crippen molar-refractivity contribution in [1.29, 1.82) is 0 Å². The molecule has 1 N–H and O–H groups in total. The number of hydrogen-bond acceptors (Lipinski definition) is 4. The number of hydrogen-bond donors (Lipinski definition) is 1. The zero-order valence-corrected chi connectivity index (χ0v) is 13.9. The van der Waals surface area contributed by atoms with Gasteiger partial charge in [-0.05, 0) is 31.7 Å². The molecule has 0 radical (unpaired) electrons. The van der Waals surface area contributed by atoms with Gasteiger partial charge < -0.3 is 5.11 Å². The second-order valence-electron chi connectivity index (χ2n) is 6.18. The summed E-state index contributed by atoms with van der Waals surface area (Å²) < 4.78 is 27.3. The third kappa shape index (κ3) is 3.02. The first-order chi connectivity index (χ1) is 10.5. The van der Waals surface area contributed by atoms with E-state index in [1.54, 1.807) is 4.31 Å². The van der Waals surface area contributed by atoms with Crippen LogP contribution in [0.25, 0.3) is 0 Å². The van der Waals surface area contributed by atoms with Crippen LogP contribution in [0, 0.1) is 5.92 Å². The summed E-state index contributed by atoms with van der Waals surface area (Å²) in [6.07, 6.45) is 7.77. The van der Waals surface area contributed by atoms with Crippen molar-refractivity contribution in [3.63, 3.8) is 0 Å². The van der Waals surface area contributed by atoms with Crippen molar-refractivity contribution in [3.8, 4) is 0 Å². The Balaban J connectivity index is 1.89. The third-order valence-electron chi connectivity index (χ3n) is 4.81. The van der Waals surface area contributed by atoms with Gasteiger partial charge in [0.05, 0.1) is 11.1 Å². The Labute approximate surface area is 136 Å². The molecule has 1 saturated heterocycles. The van der Waals surface area contributed by atoms with Crippen molar-refractivity contribution < 1.29 is 13.5 Å². The molecule has 22 heavy (non-hydrogen) atoms. The molecule has 0 bridgehead atoms. The molecule has 1 saturated carbocycles. The molecule has 2 aliphatic rings. The zero-order valence-electron chi connectivity index (χ0n) is 12.4. The molecule has 1 aliphatic carbocycles. The molecular formula is C15H21ClN2O3S. The minimum absolute atomic E-state index is 0.0400. The lowest BCUT2D eigenvalue weighted by atomic mass is 9.81. The van der Waals surface area contributed by atoms with Crippen LogP contribution in [0.4, 0.5) is 0 Å². The largest absolute Gasteiger partial charge is 0.393 e. The van der Waals surface area contributed by atoms with Crippen LogP contribution in [0.15, 0.2) is 23.4 Å². The lowest BCUT2D eigenvalue weighted by molar-refractivity contribution is 0.0386. The molecule has 122 valence electrons. The number of aliphatic hydroxyl groups excluding tert-OH is 1. The normalized spacial score (nSPS) is 30.5. The van der Waals surface area contributed by atoms with Crippen molar-refractivity contribution in [2.24, 2.45) is 5.92 Å². The maximum absolute atomic E-state index is 12.9. The van der Waals surface area contributed by atoms with Gasteiger partial charge in [0, 0.05) is 30.9 Å². The van der Waals surface area contributed by atoms with E-state index >= 15 is 0 Å². The molecule has 0 aromatic carbocycles. The van der Waals surface area contributed by atoms with Crippen LogP contribution in [0.1, 0.15) is 38.5 Å². The fourth-order valence-electron chi connectivity index (χ4n) is 3.75. The van der Waals surface area contributed by atoms with E-state index in [2.05, 4.69) is 4.98 Å². The molecule has 3 atom stereocenters. The smallest absolute Gasteiger partial charge is 0.244 e. The van der Waals surface area contributed by atoms with Gasteiger partial charge in [0.2, 0.25) is 10.0 Å². The number of aliphatic hydroxyl groups is 1. The minimum atomic E-state index is -3.61. The molecule has 2 heterocycles. The van der Waals surface area contributed by atoms with Crippen LogP contribution in [0.5, 0.6) is 0 Å². The summed E-state index contributed by atoms with van der Waals surface area (Å²) in [6.45, 7) is 0.503. The molecule has 3 unspecified atom stereocenters. The fraction of sp³-hybridized carbons (Fsp3) is 0.667. The number of aromatic nitrogens is 1. The van der Waals surface area contributed by atoms with Crippen molar-refractivity contribution in [2.75, 3.05) is 6.54 Å². The maximum atomic E-state index is 12.9. The van der Waals surface area contributed by atoms with Crippen LogP contribution in [0.2, 0.25) is 5.02 Å². The van der Waals surface area contributed by atoms with Gasteiger partial charge in [-0.15, -0.1) is 0 Å². The maximum Gasteiger partial charge on any atom is 0.244 e. The van der Waals surface area contributed by atoms with Crippen LogP contribution in [0.3, 0.4) is 0 Å². The van der Waals surface area contributed by atoms with Gasteiger partial charge in [0.1, 0.15) is 4.90 Å². The molecule has 1 aromatic rings. The Bertz CT molecular complexity index is 637. The Morgan fingerprint density at radius 3 is 2.68 bits per heavy atom. The third-order valence-corrected chi connectivity index (χ3v) is 6.91. The predicted octanol–water partition coefficient (Wildman–Crippen LogP) is 2.44. The van der Waals surface area contributed by atoms with E-state index in [1.807, 2.05) is 0 Å². The van der Waals surface area contributed by atoms with Gasteiger partial charge in [0.25, 0.3) is 0 Å². The van der Waals surface area contributed by atoms with Gasteiger partial charge >= 0.3 is 0 Å². The molecule has 3 rings (SSSR count). The number of halogens is 1. The molecular weight excluding hydrogens is 324 g/mol. The summed E-state index contributed by atoms with van der Waals surface area (Å²) in [7, 11) is -3.61. The van der Waals surface area contributed by atoms with Gasteiger partial charge in [-0.3, -0.25) is 4.98 Å². The van der Waals surface area contributed by atoms with Crippen LogP contribution >= 0.6 is 11.6 Å². The summed E-state index contributed by atoms with van der Waals surface area (Å²) >= 11 is 5.88. The topological polar surface area (TPSA) is 70.5 Å². The van der Waals surface area contributed by atoms with E-state index in [-0.39, 0.29) is 16.9 Å². The highest BCUT2D eigenvalue weighted by Crippen LogP contribution is 2.37. The lowest BCUT2D eigenvalue weighted by Crippen LogP contribution is -2.45. The van der Waals surface area contributed by atoms with Gasteiger partial charge in [-0.2, -0.15) is 4.31 Å². The van der Waals surface area contributed by atoms with Gasteiger partial charge in [-0.25, -0.2) is 8.42 Å². The van der Waals surface area contributed by atoms with Gasteiger partial charge in [0.15, 0.2) is 0 Å². The van der Waals surface area contributed by atoms with E-state index in [1.165, 1.54) is 18.5 Å². The standard InChI is InChI=1S/C15H21ClN2O3S/c16-11-8-12(10-17-9-11)22(20,21)18-7-3-5-14(18)13-4-1-2-6-15(13)19/h8-10,13-15,19H,1-7H2. The number of rotatable bonds is 3. The van der Waals surface area contributed by atoms with E-state index in [4.69, 9.17) is 11.6 Å². The molecule has 0 spiro atoms. The quantitative estimate of drug-likeness (QED) is 0.914. The number of nitrogens with zero attached hydrogens (tertiary/aromatic N) is 2. The lowest BCUT2D eigenvalue weighted by Gasteiger charge is -2.36. The van der Waals surface area contributed by atoms with Crippen LogP contribution in [-0.2, 0) is 10.0 Å². The SMILES string of the molecule is O=S(=O)(c1cncc(Cl)c1)N1CCCC1C1CCCCC1O. The summed E-state index contributed by atoms with van der Waals surface area (Å²) in [6, 6.07) is 1.33. The average molecular weight is 345 g/mol. The molecule has 1 aliphatic heterocycles. The van der Waals surface area contributed by atoms with E-state index in [0.29, 0.717) is 11.6 Å². The first kappa shape index (κ1) is 16.2. The number of sulfonamides is 1. The van der Waals surface area contributed by atoms with Crippen molar-refractivity contribution >= 4 is 21.6 Å². The average Bonchev–Trinajstić information content (AvgIpc) is 2.98. The van der Waals surface area contributed by atoms with Crippen LogP contribution in [-0.4, -0.2) is 41.5 Å². The fourth-order valence-corrected chi connectivity index (χ4v) is 5.72. The second-order valence-corrected chi connectivity index (χ2v) is 8.51. The predicted molar refractivity (Wildman–Crippen MR) is 84.1 cm³/mol. The summed E-state index contributed by atoms with van der Waals surface area (Å²) in [4.78, 5) is 4.02. The summed E-state index contributed by atoms with van der Waals surface area (Å²) in [5.74, 6) is 0.0400. The van der Waals surface area contributed by atoms with Crippen molar-refractivity contribution in [1.82, 2.24) is 9.29 Å². The highest BCUT2D eigenvalue weighted by Gasteiger charge is 2.42. The monoisotopic (exact) mass is 344 g/mol. The first-order valence-corrected chi connectivity index (χ1v) is 9.62. The van der Waals surface area contributed by atoms with E-state index < -0.39 is 16.1 Å². The Kier molecular flexibility index (Phi) is 4.73. The Morgan fingerprint density at radius 1 is 1.18 bits per heavy atom. The van der Waals surface area contributed by atoms with Crippen molar-refractivity contribution in [3.05, 3.63) is 23.5 Å². The molecule has 2 fully saturated rings. The molecule has 5 nitrogen and oxygen atoms in total. The Morgan fingerprint density at radius 2 is 1.95 bits per heavy atom. The molecule has 1 aromatic heterocycles. The van der Waals surface area contributed by atoms with E-state index in [0.717, 1.165) is 38.5 Å². The Hall–Kier alpha value is -0.690. The zero-order chi connectivity index (χ0) is 15.7. The second kappa shape index (κ2) is 6.43. The van der Waals surface area contributed by atoms with Gasteiger partial charge in [-0.1, -0.05) is 24.4 Å². The van der Waals surface area contributed by atoms with Crippen molar-refractivity contribution in [2.45, 2.75) is 55.6 Å².